The van der Waals surface area contributed by atoms with Crippen molar-refractivity contribution in [3.63, 3.8) is 0 Å². The highest BCUT2D eigenvalue weighted by molar-refractivity contribution is 5.34. The second-order valence-corrected chi connectivity index (χ2v) is 5.33. The van der Waals surface area contributed by atoms with Gasteiger partial charge in [0.25, 0.3) is 0 Å². The zero-order valence-electron chi connectivity index (χ0n) is 12.0. The van der Waals surface area contributed by atoms with E-state index in [0.29, 0.717) is 6.04 Å². The maximum absolute atomic E-state index is 4.06. The quantitative estimate of drug-likeness (QED) is 0.883. The lowest BCUT2D eigenvalue weighted by molar-refractivity contribution is 0.588. The van der Waals surface area contributed by atoms with Crippen LogP contribution in [-0.2, 0) is 13.0 Å². The maximum Gasteiger partial charge on any atom is 0.0270 e. The molecule has 0 aliphatic rings. The molecule has 1 aromatic carbocycles. The van der Waals surface area contributed by atoms with Gasteiger partial charge in [0.1, 0.15) is 0 Å². The summed E-state index contributed by atoms with van der Waals surface area (Å²) in [5.41, 5.74) is 5.41. The van der Waals surface area contributed by atoms with Crippen molar-refractivity contribution in [2.24, 2.45) is 0 Å². The van der Waals surface area contributed by atoms with Crippen LogP contribution in [0.5, 0.6) is 0 Å². The summed E-state index contributed by atoms with van der Waals surface area (Å²) in [6.07, 6.45) is 4.68. The molecule has 0 spiro atoms. The molecular weight excluding hydrogens is 232 g/mol. The first kappa shape index (κ1) is 13.8. The standard InChI is InChI=1S/C17H22N2/c1-13(2)19-12-16-4-5-17(14(3)10-16)11-15-6-8-18-9-7-15/h4-10,13,19H,11-12H2,1-3H3. The molecule has 0 aliphatic heterocycles. The molecule has 0 amide bonds. The molecule has 1 aromatic heterocycles. The summed E-state index contributed by atoms with van der Waals surface area (Å²) in [5.74, 6) is 0. The van der Waals surface area contributed by atoms with Gasteiger partial charge in [-0.2, -0.15) is 0 Å². The van der Waals surface area contributed by atoms with E-state index in [0.717, 1.165) is 13.0 Å². The normalized spacial score (nSPS) is 10.9. The van der Waals surface area contributed by atoms with E-state index < -0.39 is 0 Å². The second kappa shape index (κ2) is 6.48. The van der Waals surface area contributed by atoms with E-state index in [-0.39, 0.29) is 0 Å². The lowest BCUT2D eigenvalue weighted by Crippen LogP contribution is -2.21. The summed E-state index contributed by atoms with van der Waals surface area (Å²) in [6.45, 7) is 7.47. The lowest BCUT2D eigenvalue weighted by Gasteiger charge is -2.11. The van der Waals surface area contributed by atoms with Gasteiger partial charge >= 0.3 is 0 Å². The maximum atomic E-state index is 4.06. The molecule has 0 atom stereocenters. The van der Waals surface area contributed by atoms with Crippen molar-refractivity contribution in [1.82, 2.24) is 10.3 Å². The van der Waals surface area contributed by atoms with Gasteiger partial charge in [0.15, 0.2) is 0 Å². The Hall–Kier alpha value is -1.67. The number of aryl methyl sites for hydroxylation is 1. The minimum Gasteiger partial charge on any atom is -0.310 e. The molecule has 0 saturated carbocycles. The third kappa shape index (κ3) is 4.18. The third-order valence-electron chi connectivity index (χ3n) is 3.27. The molecule has 0 radical (unpaired) electrons. The molecule has 0 fully saturated rings. The van der Waals surface area contributed by atoms with Crippen LogP contribution in [0, 0.1) is 6.92 Å². The van der Waals surface area contributed by atoms with Crippen LogP contribution in [0.25, 0.3) is 0 Å². The Morgan fingerprint density at radius 2 is 1.79 bits per heavy atom. The summed E-state index contributed by atoms with van der Waals surface area (Å²) >= 11 is 0. The highest BCUT2D eigenvalue weighted by Crippen LogP contribution is 2.15. The Balaban J connectivity index is 2.07. The first-order chi connectivity index (χ1) is 9.15. The zero-order chi connectivity index (χ0) is 13.7. The van der Waals surface area contributed by atoms with Crippen LogP contribution in [-0.4, -0.2) is 11.0 Å². The SMILES string of the molecule is Cc1cc(CNC(C)C)ccc1Cc1ccncc1. The van der Waals surface area contributed by atoms with Crippen molar-refractivity contribution in [1.29, 1.82) is 0 Å². The van der Waals surface area contributed by atoms with Crippen molar-refractivity contribution < 1.29 is 0 Å². The summed E-state index contributed by atoms with van der Waals surface area (Å²) in [7, 11) is 0. The summed E-state index contributed by atoms with van der Waals surface area (Å²) in [4.78, 5) is 4.06. The molecule has 2 rings (SSSR count). The highest BCUT2D eigenvalue weighted by Gasteiger charge is 2.02. The van der Waals surface area contributed by atoms with Crippen LogP contribution in [0.4, 0.5) is 0 Å². The van der Waals surface area contributed by atoms with Gasteiger partial charge in [0, 0.05) is 25.0 Å². The van der Waals surface area contributed by atoms with Gasteiger partial charge in [0.2, 0.25) is 0 Å². The van der Waals surface area contributed by atoms with E-state index in [1.807, 2.05) is 12.4 Å². The largest absolute Gasteiger partial charge is 0.310 e. The third-order valence-corrected chi connectivity index (χ3v) is 3.27. The molecule has 100 valence electrons. The first-order valence-corrected chi connectivity index (χ1v) is 6.86. The van der Waals surface area contributed by atoms with Crippen LogP contribution < -0.4 is 5.32 Å². The van der Waals surface area contributed by atoms with Gasteiger partial charge in [-0.1, -0.05) is 32.0 Å². The predicted octanol–water partition coefficient (Wildman–Crippen LogP) is 3.48. The lowest BCUT2D eigenvalue weighted by atomic mass is 9.99. The van der Waals surface area contributed by atoms with E-state index in [1.54, 1.807) is 0 Å². The van der Waals surface area contributed by atoms with Gasteiger partial charge in [-0.3, -0.25) is 4.98 Å². The van der Waals surface area contributed by atoms with Crippen LogP contribution in [0.2, 0.25) is 0 Å². The van der Waals surface area contributed by atoms with Crippen molar-refractivity contribution >= 4 is 0 Å². The molecule has 1 N–H and O–H groups in total. The molecule has 0 aliphatic carbocycles. The Morgan fingerprint density at radius 3 is 2.42 bits per heavy atom. The minimum absolute atomic E-state index is 0.525. The number of benzene rings is 1. The number of nitrogens with zero attached hydrogens (tertiary/aromatic N) is 1. The van der Waals surface area contributed by atoms with Gasteiger partial charge in [-0.15, -0.1) is 0 Å². The van der Waals surface area contributed by atoms with E-state index in [9.17, 15) is 0 Å². The molecule has 1 heterocycles. The molecular formula is C17H22N2. The van der Waals surface area contributed by atoms with Crippen molar-refractivity contribution in [2.75, 3.05) is 0 Å². The number of hydrogen-bond donors (Lipinski definition) is 1. The van der Waals surface area contributed by atoms with E-state index >= 15 is 0 Å². The highest BCUT2D eigenvalue weighted by atomic mass is 14.9. The molecule has 0 saturated heterocycles. The van der Waals surface area contributed by atoms with Crippen molar-refractivity contribution in [3.05, 3.63) is 65.0 Å². The minimum atomic E-state index is 0.525. The topological polar surface area (TPSA) is 24.9 Å². The van der Waals surface area contributed by atoms with Crippen LogP contribution in [0.1, 0.15) is 36.1 Å². The number of nitrogens with one attached hydrogen (secondary N) is 1. The fourth-order valence-electron chi connectivity index (χ4n) is 2.11. The second-order valence-electron chi connectivity index (χ2n) is 5.33. The van der Waals surface area contributed by atoms with Crippen molar-refractivity contribution in [3.8, 4) is 0 Å². The number of rotatable bonds is 5. The molecule has 2 nitrogen and oxygen atoms in total. The summed E-state index contributed by atoms with van der Waals surface area (Å²) in [5, 5.41) is 3.45. The average molecular weight is 254 g/mol. The monoisotopic (exact) mass is 254 g/mol. The fourth-order valence-corrected chi connectivity index (χ4v) is 2.11. The summed E-state index contributed by atoms with van der Waals surface area (Å²) < 4.78 is 0. The van der Waals surface area contributed by atoms with Gasteiger partial charge in [-0.05, 0) is 47.7 Å². The Morgan fingerprint density at radius 1 is 1.05 bits per heavy atom. The smallest absolute Gasteiger partial charge is 0.0270 e. The van der Waals surface area contributed by atoms with Crippen LogP contribution >= 0.6 is 0 Å². The molecule has 0 unspecified atom stereocenters. The first-order valence-electron chi connectivity index (χ1n) is 6.86. The Labute approximate surface area is 115 Å². The average Bonchev–Trinajstić information content (AvgIpc) is 2.40. The Bertz CT molecular complexity index is 518. The van der Waals surface area contributed by atoms with Crippen molar-refractivity contribution in [2.45, 2.75) is 39.8 Å². The van der Waals surface area contributed by atoms with Crippen LogP contribution in [0.3, 0.4) is 0 Å². The zero-order valence-corrected chi connectivity index (χ0v) is 12.0. The molecule has 19 heavy (non-hydrogen) atoms. The Kier molecular flexibility index (Phi) is 4.69. The van der Waals surface area contributed by atoms with Gasteiger partial charge in [0.05, 0.1) is 0 Å². The predicted molar refractivity (Wildman–Crippen MR) is 80.2 cm³/mol. The molecule has 2 aromatic rings. The number of pyridine rings is 1. The van der Waals surface area contributed by atoms with Gasteiger partial charge in [-0.25, -0.2) is 0 Å². The molecule has 0 bridgehead atoms. The van der Waals surface area contributed by atoms with E-state index in [4.69, 9.17) is 0 Å². The summed E-state index contributed by atoms with van der Waals surface area (Å²) in [6, 6.07) is 11.4. The van der Waals surface area contributed by atoms with Gasteiger partial charge < -0.3 is 5.32 Å². The van der Waals surface area contributed by atoms with Crippen LogP contribution in [0.15, 0.2) is 42.7 Å². The van der Waals surface area contributed by atoms with E-state index in [1.165, 1.54) is 22.3 Å². The molecule has 2 heteroatoms. The fraction of sp³-hybridized carbons (Fsp3) is 0.353. The van der Waals surface area contributed by atoms with E-state index in [2.05, 4.69) is 61.4 Å². The number of hydrogen-bond acceptors (Lipinski definition) is 2. The number of aromatic nitrogens is 1.